The van der Waals surface area contributed by atoms with E-state index in [1.807, 2.05) is 48.5 Å². The maximum atomic E-state index is 13.2. The van der Waals surface area contributed by atoms with Gasteiger partial charge < -0.3 is 4.74 Å². The number of anilines is 1. The molecule has 0 radical (unpaired) electrons. The van der Waals surface area contributed by atoms with Gasteiger partial charge in [0.1, 0.15) is 17.5 Å². The first-order valence-electron chi connectivity index (χ1n) is 11.3. The van der Waals surface area contributed by atoms with Gasteiger partial charge in [0, 0.05) is 6.42 Å². The first kappa shape index (κ1) is 23.7. The second-order valence-electron chi connectivity index (χ2n) is 8.01. The number of nitrogens with zero attached hydrogens (tertiary/aromatic N) is 2. The van der Waals surface area contributed by atoms with Crippen LogP contribution in [0.3, 0.4) is 0 Å². The molecule has 0 aliphatic carbocycles. The van der Waals surface area contributed by atoms with Crippen LogP contribution in [-0.2, 0) is 25.6 Å². The zero-order valence-electron chi connectivity index (χ0n) is 19.2. The third-order valence-electron chi connectivity index (χ3n) is 5.53. The minimum Gasteiger partial charge on any atom is -0.457 e. The third-order valence-corrected chi connectivity index (χ3v) is 5.53. The van der Waals surface area contributed by atoms with Crippen LogP contribution in [0.5, 0.6) is 11.5 Å². The van der Waals surface area contributed by atoms with Crippen molar-refractivity contribution in [3.05, 3.63) is 90.5 Å². The number of para-hydroxylation sites is 1. The van der Waals surface area contributed by atoms with Crippen LogP contribution in [0.4, 0.5) is 5.69 Å². The van der Waals surface area contributed by atoms with Crippen LogP contribution < -0.4 is 15.1 Å². The van der Waals surface area contributed by atoms with E-state index in [0.29, 0.717) is 17.2 Å². The number of carbonyl (C=O) groups is 4. The maximum absolute atomic E-state index is 13.2. The highest BCUT2D eigenvalue weighted by atomic mass is 16.5. The minimum atomic E-state index is -1.12. The lowest BCUT2D eigenvalue weighted by molar-refractivity contribution is -0.147. The molecule has 1 aliphatic rings. The lowest BCUT2D eigenvalue weighted by atomic mass is 10.1. The van der Waals surface area contributed by atoms with E-state index in [2.05, 4.69) is 5.43 Å². The van der Waals surface area contributed by atoms with Crippen molar-refractivity contribution in [2.24, 2.45) is 0 Å². The number of hydrogen-bond acceptors (Lipinski definition) is 5. The molecule has 1 fully saturated rings. The van der Waals surface area contributed by atoms with Gasteiger partial charge in [0.25, 0.3) is 5.91 Å². The molecule has 0 unspecified atom stereocenters. The van der Waals surface area contributed by atoms with Gasteiger partial charge in [0.2, 0.25) is 17.7 Å². The topological polar surface area (TPSA) is 96.0 Å². The summed E-state index contributed by atoms with van der Waals surface area (Å²) in [7, 11) is 0. The van der Waals surface area contributed by atoms with Crippen LogP contribution in [0.2, 0.25) is 0 Å². The van der Waals surface area contributed by atoms with Gasteiger partial charge >= 0.3 is 0 Å². The quantitative estimate of drug-likeness (QED) is 0.419. The van der Waals surface area contributed by atoms with Gasteiger partial charge in [-0.2, -0.15) is 0 Å². The fourth-order valence-corrected chi connectivity index (χ4v) is 3.82. The largest absolute Gasteiger partial charge is 0.457 e. The predicted octanol–water partition coefficient (Wildman–Crippen LogP) is 3.62. The van der Waals surface area contributed by atoms with E-state index in [0.717, 1.165) is 15.5 Å². The lowest BCUT2D eigenvalue weighted by Gasteiger charge is -2.27. The summed E-state index contributed by atoms with van der Waals surface area (Å²) in [6.07, 6.45) is -0.122. The average Bonchev–Trinajstić information content (AvgIpc) is 3.17. The van der Waals surface area contributed by atoms with E-state index in [1.54, 1.807) is 43.3 Å². The SMILES string of the molecule is CCC(=O)N(NC(=O)Cc1ccccc1)[C@H]1CC(=O)N(c2ccc(Oc3ccccc3)cc2)C1=O. The van der Waals surface area contributed by atoms with Crippen LogP contribution in [0, 0.1) is 0 Å². The fraction of sp³-hybridized carbons (Fsp3) is 0.185. The molecule has 1 N–H and O–H groups in total. The summed E-state index contributed by atoms with van der Waals surface area (Å²) < 4.78 is 5.76. The number of rotatable bonds is 7. The van der Waals surface area contributed by atoms with Crippen molar-refractivity contribution in [1.29, 1.82) is 0 Å². The summed E-state index contributed by atoms with van der Waals surface area (Å²) in [5, 5.41) is 0.998. The third kappa shape index (κ3) is 5.55. The Morgan fingerprint density at radius 3 is 2.14 bits per heavy atom. The molecule has 4 amide bonds. The molecular formula is C27H25N3O5. The number of ether oxygens (including phenoxy) is 1. The summed E-state index contributed by atoms with van der Waals surface area (Å²) in [5.74, 6) is -0.721. The molecule has 0 spiro atoms. The fourth-order valence-electron chi connectivity index (χ4n) is 3.82. The summed E-state index contributed by atoms with van der Waals surface area (Å²) >= 11 is 0. The van der Waals surface area contributed by atoms with Gasteiger partial charge in [-0.15, -0.1) is 0 Å². The summed E-state index contributed by atoms with van der Waals surface area (Å²) in [5.41, 5.74) is 3.67. The number of imide groups is 1. The van der Waals surface area contributed by atoms with Crippen LogP contribution >= 0.6 is 0 Å². The first-order valence-corrected chi connectivity index (χ1v) is 11.3. The highest BCUT2D eigenvalue weighted by molar-refractivity contribution is 6.23. The molecule has 1 aliphatic heterocycles. The first-order chi connectivity index (χ1) is 17.0. The summed E-state index contributed by atoms with van der Waals surface area (Å²) in [4.78, 5) is 52.3. The number of carbonyl (C=O) groups excluding carboxylic acids is 4. The molecule has 1 atom stereocenters. The Morgan fingerprint density at radius 2 is 1.51 bits per heavy atom. The summed E-state index contributed by atoms with van der Waals surface area (Å²) in [6.45, 7) is 1.63. The van der Waals surface area contributed by atoms with E-state index < -0.39 is 29.7 Å². The number of hydrogen-bond donors (Lipinski definition) is 1. The Balaban J connectivity index is 1.48. The Bertz CT molecular complexity index is 1210. The molecule has 0 bridgehead atoms. The molecule has 4 rings (SSSR count). The normalized spacial score (nSPS) is 15.1. The van der Waals surface area contributed by atoms with Gasteiger partial charge in [-0.1, -0.05) is 55.5 Å². The molecule has 8 nitrogen and oxygen atoms in total. The van der Waals surface area contributed by atoms with Gasteiger partial charge in [-0.3, -0.25) is 24.6 Å². The van der Waals surface area contributed by atoms with E-state index in [-0.39, 0.29) is 19.3 Å². The minimum absolute atomic E-state index is 0.0375. The molecule has 8 heteroatoms. The van der Waals surface area contributed by atoms with Crippen LogP contribution in [0.15, 0.2) is 84.9 Å². The molecule has 3 aromatic rings. The van der Waals surface area contributed by atoms with Crippen LogP contribution in [0.1, 0.15) is 25.3 Å². The Kier molecular flexibility index (Phi) is 7.21. The van der Waals surface area contributed by atoms with E-state index in [1.165, 1.54) is 0 Å². The molecule has 178 valence electrons. The molecule has 3 aromatic carbocycles. The molecule has 1 saturated heterocycles. The zero-order chi connectivity index (χ0) is 24.8. The van der Waals surface area contributed by atoms with E-state index in [9.17, 15) is 19.2 Å². The Labute approximate surface area is 203 Å². The smallest absolute Gasteiger partial charge is 0.259 e. The van der Waals surface area contributed by atoms with Crippen LogP contribution in [0.25, 0.3) is 0 Å². The number of amides is 4. The van der Waals surface area contributed by atoms with E-state index in [4.69, 9.17) is 4.74 Å². The Hall–Kier alpha value is -4.46. The number of hydrazine groups is 1. The van der Waals surface area contributed by atoms with Crippen molar-refractivity contribution in [2.75, 3.05) is 4.90 Å². The van der Waals surface area contributed by atoms with Crippen molar-refractivity contribution in [1.82, 2.24) is 10.4 Å². The molecule has 0 aromatic heterocycles. The number of benzene rings is 3. The molecule has 1 heterocycles. The van der Waals surface area contributed by atoms with Gasteiger partial charge in [0.05, 0.1) is 18.5 Å². The predicted molar refractivity (Wildman–Crippen MR) is 129 cm³/mol. The standard InChI is InChI=1S/C27H25N3O5/c1-2-25(32)30(28-24(31)17-19-9-5-3-6-10-19)23-18-26(33)29(27(23)34)20-13-15-22(16-14-20)35-21-11-7-4-8-12-21/h3-16,23H,2,17-18H2,1H3,(H,28,31)/t23-/m0/s1. The average molecular weight is 472 g/mol. The van der Waals surface area contributed by atoms with Crippen molar-refractivity contribution in [3.63, 3.8) is 0 Å². The van der Waals surface area contributed by atoms with E-state index >= 15 is 0 Å². The maximum Gasteiger partial charge on any atom is 0.259 e. The van der Waals surface area contributed by atoms with Gasteiger partial charge in [-0.25, -0.2) is 9.91 Å². The Morgan fingerprint density at radius 1 is 0.914 bits per heavy atom. The highest BCUT2D eigenvalue weighted by Gasteiger charge is 2.45. The van der Waals surface area contributed by atoms with Crippen molar-refractivity contribution >= 4 is 29.3 Å². The van der Waals surface area contributed by atoms with Gasteiger partial charge in [-0.05, 0) is 42.0 Å². The van der Waals surface area contributed by atoms with Crippen LogP contribution in [-0.4, -0.2) is 34.7 Å². The molecule has 35 heavy (non-hydrogen) atoms. The van der Waals surface area contributed by atoms with Crippen molar-refractivity contribution in [3.8, 4) is 11.5 Å². The molecule has 0 saturated carbocycles. The highest BCUT2D eigenvalue weighted by Crippen LogP contribution is 2.29. The number of nitrogens with one attached hydrogen (secondary N) is 1. The second kappa shape index (κ2) is 10.6. The summed E-state index contributed by atoms with van der Waals surface area (Å²) in [6, 6.07) is 23.7. The second-order valence-corrected chi connectivity index (χ2v) is 8.01. The lowest BCUT2D eigenvalue weighted by Crippen LogP contribution is -2.54. The van der Waals surface area contributed by atoms with Gasteiger partial charge in [0.15, 0.2) is 0 Å². The zero-order valence-corrected chi connectivity index (χ0v) is 19.2. The monoisotopic (exact) mass is 471 g/mol. The van der Waals surface area contributed by atoms with Crippen molar-refractivity contribution in [2.45, 2.75) is 32.2 Å². The van der Waals surface area contributed by atoms with Crippen molar-refractivity contribution < 1.29 is 23.9 Å². The molecular weight excluding hydrogens is 446 g/mol.